The number of hydrogen-bond acceptors (Lipinski definition) is 2. The summed E-state index contributed by atoms with van der Waals surface area (Å²) in [5.74, 6) is -0.351. The fraction of sp³-hybridized carbons (Fsp3) is 0.0909. The van der Waals surface area contributed by atoms with E-state index in [1.54, 1.807) is 29.1 Å². The maximum Gasteiger partial charge on any atom is 0.186 e. The fourth-order valence-electron chi connectivity index (χ4n) is 1.44. The number of nitrogens with two attached hydrogens (primary N) is 2. The smallest absolute Gasteiger partial charge is 0.186 e. The molecule has 0 bridgehead atoms. The summed E-state index contributed by atoms with van der Waals surface area (Å²) in [6.45, 7) is 0.267. The quantitative estimate of drug-likeness (QED) is 0.493. The third-order valence-corrected chi connectivity index (χ3v) is 2.24. The maximum absolute atomic E-state index is 13.8. The van der Waals surface area contributed by atoms with Gasteiger partial charge in [-0.05, 0) is 17.7 Å². The van der Waals surface area contributed by atoms with Crippen molar-refractivity contribution < 1.29 is 4.39 Å². The van der Waals surface area contributed by atoms with Crippen molar-refractivity contribution in [1.29, 1.82) is 0 Å². The molecule has 0 aliphatic carbocycles. The van der Waals surface area contributed by atoms with E-state index in [4.69, 9.17) is 11.5 Å². The van der Waals surface area contributed by atoms with E-state index in [0.29, 0.717) is 11.3 Å². The lowest BCUT2D eigenvalue weighted by Crippen LogP contribution is -2.22. The third-order valence-electron chi connectivity index (χ3n) is 2.24. The van der Waals surface area contributed by atoms with Gasteiger partial charge in [0.05, 0.1) is 18.6 Å². The molecule has 1 aromatic carbocycles. The van der Waals surface area contributed by atoms with Crippen LogP contribution in [0.4, 0.5) is 4.39 Å². The molecule has 0 unspecified atom stereocenters. The summed E-state index contributed by atoms with van der Waals surface area (Å²) < 4.78 is 15.4. The van der Waals surface area contributed by atoms with Crippen molar-refractivity contribution in [3.63, 3.8) is 0 Å². The van der Waals surface area contributed by atoms with Gasteiger partial charge >= 0.3 is 0 Å². The zero-order valence-corrected chi connectivity index (χ0v) is 11.8. The van der Waals surface area contributed by atoms with Crippen molar-refractivity contribution in [2.75, 3.05) is 0 Å². The minimum absolute atomic E-state index is 0. The molecule has 0 amide bonds. The number of nitrogens with zero attached hydrogens (tertiary/aromatic N) is 3. The third kappa shape index (κ3) is 3.42. The molecule has 4 N–H and O–H groups in total. The van der Waals surface area contributed by atoms with Gasteiger partial charge in [-0.1, -0.05) is 6.07 Å². The van der Waals surface area contributed by atoms with Crippen LogP contribution in [0.1, 0.15) is 5.56 Å². The fourth-order valence-corrected chi connectivity index (χ4v) is 1.44. The van der Waals surface area contributed by atoms with Gasteiger partial charge in [-0.2, -0.15) is 0 Å². The van der Waals surface area contributed by atoms with Gasteiger partial charge in [-0.15, -0.1) is 24.0 Å². The lowest BCUT2D eigenvalue weighted by molar-refractivity contribution is 0.616. The summed E-state index contributed by atoms with van der Waals surface area (Å²) in [6.07, 6.45) is 4.80. The lowest BCUT2D eigenvalue weighted by Gasteiger charge is -2.05. The number of hydrogen-bond donors (Lipinski definition) is 2. The summed E-state index contributed by atoms with van der Waals surface area (Å²) >= 11 is 0. The Kier molecular flexibility index (Phi) is 5.08. The Balaban J connectivity index is 0.00000162. The molecule has 0 aliphatic rings. The minimum atomic E-state index is -0.341. The molecular weight excluding hydrogens is 348 g/mol. The van der Waals surface area contributed by atoms with E-state index in [2.05, 4.69) is 9.98 Å². The lowest BCUT2D eigenvalue weighted by atomic mass is 10.2. The zero-order valence-electron chi connectivity index (χ0n) is 9.45. The monoisotopic (exact) mass is 361 g/mol. The molecule has 0 spiro atoms. The number of guanidine groups is 1. The summed E-state index contributed by atoms with van der Waals surface area (Å²) in [6, 6.07) is 4.83. The molecule has 0 saturated carbocycles. The van der Waals surface area contributed by atoms with Crippen LogP contribution in [0.2, 0.25) is 0 Å². The molecule has 0 aliphatic heterocycles. The topological polar surface area (TPSA) is 82.2 Å². The van der Waals surface area contributed by atoms with Gasteiger partial charge in [0.2, 0.25) is 0 Å². The first-order valence-corrected chi connectivity index (χ1v) is 4.99. The Hall–Kier alpha value is -1.64. The molecule has 96 valence electrons. The Morgan fingerprint density at radius 3 is 2.72 bits per heavy atom. The van der Waals surface area contributed by atoms with Gasteiger partial charge in [0.1, 0.15) is 5.82 Å². The predicted octanol–water partition coefficient (Wildman–Crippen LogP) is 1.40. The van der Waals surface area contributed by atoms with Crippen LogP contribution in [-0.2, 0) is 6.54 Å². The van der Waals surface area contributed by atoms with Crippen molar-refractivity contribution in [3.05, 3.63) is 48.3 Å². The van der Waals surface area contributed by atoms with Crippen molar-refractivity contribution >= 4 is 29.9 Å². The van der Waals surface area contributed by atoms with Gasteiger partial charge in [-0.3, -0.25) is 0 Å². The number of aliphatic imine (C=N–C) groups is 1. The highest BCUT2D eigenvalue weighted by Crippen LogP contribution is 2.15. The van der Waals surface area contributed by atoms with Gasteiger partial charge in [0.25, 0.3) is 0 Å². The average Bonchev–Trinajstić information content (AvgIpc) is 2.79. The summed E-state index contributed by atoms with van der Waals surface area (Å²) in [7, 11) is 0. The first kappa shape index (κ1) is 14.4. The largest absolute Gasteiger partial charge is 0.370 e. The van der Waals surface area contributed by atoms with Crippen molar-refractivity contribution in [3.8, 4) is 5.69 Å². The molecule has 7 heteroatoms. The molecular formula is C11H13FIN5. The first-order valence-electron chi connectivity index (χ1n) is 4.99. The normalized spacial score (nSPS) is 9.61. The second-order valence-electron chi connectivity index (χ2n) is 3.50. The van der Waals surface area contributed by atoms with Gasteiger partial charge in [-0.25, -0.2) is 14.4 Å². The van der Waals surface area contributed by atoms with Crippen LogP contribution in [0.5, 0.6) is 0 Å². The summed E-state index contributed by atoms with van der Waals surface area (Å²) in [5.41, 5.74) is 11.6. The Morgan fingerprint density at radius 2 is 2.17 bits per heavy atom. The van der Waals surface area contributed by atoms with E-state index in [-0.39, 0.29) is 42.3 Å². The first-order chi connectivity index (χ1) is 8.16. The van der Waals surface area contributed by atoms with Crippen LogP contribution in [0.3, 0.4) is 0 Å². The number of halogens is 2. The number of rotatable bonds is 3. The molecule has 0 fully saturated rings. The van der Waals surface area contributed by atoms with Crippen molar-refractivity contribution in [1.82, 2.24) is 9.55 Å². The van der Waals surface area contributed by atoms with Crippen LogP contribution in [0.25, 0.3) is 5.69 Å². The Morgan fingerprint density at radius 1 is 1.39 bits per heavy atom. The number of benzene rings is 1. The molecule has 0 atom stereocenters. The van der Waals surface area contributed by atoms with Crippen LogP contribution >= 0.6 is 24.0 Å². The zero-order chi connectivity index (χ0) is 12.3. The Labute approximate surface area is 121 Å². The van der Waals surface area contributed by atoms with E-state index >= 15 is 0 Å². The molecule has 2 aromatic rings. The van der Waals surface area contributed by atoms with E-state index in [9.17, 15) is 4.39 Å². The SMILES string of the molecule is I.NC(N)=NCc1ccc(-n2ccnc2)c(F)c1. The Bertz CT molecular complexity index is 534. The van der Waals surface area contributed by atoms with Crippen molar-refractivity contribution in [2.24, 2.45) is 16.5 Å². The number of aromatic nitrogens is 2. The van der Waals surface area contributed by atoms with E-state index in [1.165, 1.54) is 12.4 Å². The van der Waals surface area contributed by atoms with E-state index in [0.717, 1.165) is 0 Å². The van der Waals surface area contributed by atoms with Crippen LogP contribution in [0.15, 0.2) is 41.9 Å². The highest BCUT2D eigenvalue weighted by atomic mass is 127. The molecule has 18 heavy (non-hydrogen) atoms. The molecule has 1 heterocycles. The van der Waals surface area contributed by atoms with Gasteiger partial charge < -0.3 is 16.0 Å². The van der Waals surface area contributed by atoms with Gasteiger partial charge in [0.15, 0.2) is 5.96 Å². The second kappa shape index (κ2) is 6.34. The predicted molar refractivity (Wildman–Crippen MR) is 78.5 cm³/mol. The standard InChI is InChI=1S/C11H12FN5.HI/c12-9-5-8(6-16-11(13)14)1-2-10(9)17-4-3-15-7-17;/h1-5,7H,6H2,(H4,13,14,16);1H. The molecule has 0 radical (unpaired) electrons. The van der Waals surface area contributed by atoms with Crippen molar-refractivity contribution in [2.45, 2.75) is 6.54 Å². The second-order valence-corrected chi connectivity index (χ2v) is 3.50. The van der Waals surface area contributed by atoms with Crippen LogP contribution < -0.4 is 11.5 Å². The van der Waals surface area contributed by atoms with Gasteiger partial charge in [0, 0.05) is 12.4 Å². The molecule has 2 rings (SSSR count). The maximum atomic E-state index is 13.8. The molecule has 5 nitrogen and oxygen atoms in total. The summed E-state index contributed by atoms with van der Waals surface area (Å²) in [5, 5.41) is 0. The highest BCUT2D eigenvalue weighted by molar-refractivity contribution is 14.0. The summed E-state index contributed by atoms with van der Waals surface area (Å²) in [4.78, 5) is 7.68. The van der Waals surface area contributed by atoms with E-state index in [1.807, 2.05) is 0 Å². The highest BCUT2D eigenvalue weighted by Gasteiger charge is 2.04. The van der Waals surface area contributed by atoms with Crippen LogP contribution in [0, 0.1) is 5.82 Å². The molecule has 1 aromatic heterocycles. The number of imidazole rings is 1. The average molecular weight is 361 g/mol. The van der Waals surface area contributed by atoms with Crippen LogP contribution in [-0.4, -0.2) is 15.5 Å². The minimum Gasteiger partial charge on any atom is -0.370 e. The molecule has 0 saturated heterocycles. The van der Waals surface area contributed by atoms with E-state index < -0.39 is 0 Å².